The Bertz CT molecular complexity index is 376. The van der Waals surface area contributed by atoms with Crippen molar-refractivity contribution in [1.29, 1.82) is 0 Å². The van der Waals surface area contributed by atoms with Crippen LogP contribution >= 0.6 is 0 Å². The zero-order valence-electron chi connectivity index (χ0n) is 9.32. The summed E-state index contributed by atoms with van der Waals surface area (Å²) in [6, 6.07) is 0.0394. The quantitative estimate of drug-likeness (QED) is 0.559. The SMILES string of the molecule is Cc1ncc(CO)c([C@H]2CNCCN2)c1O. The van der Waals surface area contributed by atoms with Crippen molar-refractivity contribution >= 4 is 0 Å². The molecule has 1 atom stereocenters. The van der Waals surface area contributed by atoms with Gasteiger partial charge < -0.3 is 20.8 Å². The molecule has 0 bridgehead atoms. The van der Waals surface area contributed by atoms with Crippen LogP contribution in [0.3, 0.4) is 0 Å². The van der Waals surface area contributed by atoms with Gasteiger partial charge in [0.25, 0.3) is 0 Å². The van der Waals surface area contributed by atoms with Gasteiger partial charge in [0.05, 0.1) is 12.3 Å². The molecule has 1 aromatic rings. The summed E-state index contributed by atoms with van der Waals surface area (Å²) < 4.78 is 0. The molecule has 1 aromatic heterocycles. The summed E-state index contributed by atoms with van der Waals surface area (Å²) >= 11 is 0. The molecule has 0 radical (unpaired) electrons. The lowest BCUT2D eigenvalue weighted by Gasteiger charge is -2.27. The number of aliphatic hydroxyl groups is 1. The Morgan fingerprint density at radius 1 is 1.50 bits per heavy atom. The van der Waals surface area contributed by atoms with Gasteiger partial charge in [-0.25, -0.2) is 0 Å². The molecule has 0 saturated carbocycles. The minimum atomic E-state index is -0.103. The summed E-state index contributed by atoms with van der Waals surface area (Å²) in [6.07, 6.45) is 1.63. The maximum absolute atomic E-state index is 10.0. The molecular weight excluding hydrogens is 206 g/mol. The first kappa shape index (κ1) is 11.3. The van der Waals surface area contributed by atoms with Crippen LogP contribution in [0.15, 0.2) is 6.20 Å². The fraction of sp³-hybridized carbons (Fsp3) is 0.545. The topological polar surface area (TPSA) is 77.4 Å². The largest absolute Gasteiger partial charge is 0.506 e. The second kappa shape index (κ2) is 4.78. The summed E-state index contributed by atoms with van der Waals surface area (Å²) in [7, 11) is 0. The molecule has 1 saturated heterocycles. The molecule has 1 fully saturated rings. The number of nitrogens with one attached hydrogen (secondary N) is 2. The lowest BCUT2D eigenvalue weighted by atomic mass is 9.99. The van der Waals surface area contributed by atoms with Gasteiger partial charge in [-0.2, -0.15) is 0 Å². The fourth-order valence-corrected chi connectivity index (χ4v) is 2.02. The molecule has 5 nitrogen and oxygen atoms in total. The van der Waals surface area contributed by atoms with Gasteiger partial charge in [0.2, 0.25) is 0 Å². The van der Waals surface area contributed by atoms with E-state index in [4.69, 9.17) is 0 Å². The van der Waals surface area contributed by atoms with Crippen molar-refractivity contribution in [3.8, 4) is 5.75 Å². The van der Waals surface area contributed by atoms with Crippen LogP contribution in [-0.2, 0) is 6.61 Å². The van der Waals surface area contributed by atoms with Gasteiger partial charge in [0.1, 0.15) is 5.75 Å². The third kappa shape index (κ3) is 2.02. The molecular formula is C11H17N3O2. The smallest absolute Gasteiger partial charge is 0.141 e. The van der Waals surface area contributed by atoms with Crippen LogP contribution in [0.1, 0.15) is 22.9 Å². The van der Waals surface area contributed by atoms with Crippen LogP contribution in [0, 0.1) is 6.92 Å². The standard InChI is InChI=1S/C11H17N3O2/c1-7-11(16)10(8(6-15)4-14-7)9-5-12-2-3-13-9/h4,9,12-13,15-16H,2-3,5-6H2,1H3/t9-/m1/s1. The molecule has 4 N–H and O–H groups in total. The third-order valence-electron chi connectivity index (χ3n) is 2.92. The Balaban J connectivity index is 2.39. The average Bonchev–Trinajstić information content (AvgIpc) is 2.33. The molecule has 1 aliphatic rings. The van der Waals surface area contributed by atoms with Gasteiger partial charge in [-0.15, -0.1) is 0 Å². The van der Waals surface area contributed by atoms with E-state index in [0.29, 0.717) is 11.3 Å². The number of aliphatic hydroxyl groups excluding tert-OH is 1. The van der Waals surface area contributed by atoms with E-state index in [0.717, 1.165) is 25.2 Å². The van der Waals surface area contributed by atoms with E-state index in [1.807, 2.05) is 0 Å². The van der Waals surface area contributed by atoms with E-state index in [-0.39, 0.29) is 18.4 Å². The number of aromatic nitrogens is 1. The van der Waals surface area contributed by atoms with Crippen LogP contribution in [0.4, 0.5) is 0 Å². The van der Waals surface area contributed by atoms with Crippen molar-refractivity contribution in [3.63, 3.8) is 0 Å². The number of aromatic hydroxyl groups is 1. The van der Waals surface area contributed by atoms with Gasteiger partial charge in [-0.05, 0) is 6.92 Å². The Morgan fingerprint density at radius 3 is 2.94 bits per heavy atom. The summed E-state index contributed by atoms with van der Waals surface area (Å²) in [6.45, 7) is 4.20. The lowest BCUT2D eigenvalue weighted by Crippen LogP contribution is -2.43. The van der Waals surface area contributed by atoms with Crippen molar-refractivity contribution in [2.24, 2.45) is 0 Å². The average molecular weight is 223 g/mol. The van der Waals surface area contributed by atoms with Crippen molar-refractivity contribution in [2.75, 3.05) is 19.6 Å². The first-order chi connectivity index (χ1) is 7.74. The summed E-state index contributed by atoms with van der Waals surface area (Å²) in [5, 5.41) is 25.9. The highest BCUT2D eigenvalue weighted by Crippen LogP contribution is 2.30. The monoisotopic (exact) mass is 223 g/mol. The third-order valence-corrected chi connectivity index (χ3v) is 2.92. The normalized spacial score (nSPS) is 21.0. The molecule has 0 amide bonds. The second-order valence-corrected chi connectivity index (χ2v) is 4.00. The second-order valence-electron chi connectivity index (χ2n) is 4.00. The number of hydrogen-bond acceptors (Lipinski definition) is 5. The van der Waals surface area contributed by atoms with E-state index in [2.05, 4.69) is 15.6 Å². The first-order valence-corrected chi connectivity index (χ1v) is 5.46. The molecule has 1 aliphatic heterocycles. The highest BCUT2D eigenvalue weighted by molar-refractivity contribution is 5.43. The number of hydrogen-bond donors (Lipinski definition) is 4. The van der Waals surface area contributed by atoms with Gasteiger partial charge >= 0.3 is 0 Å². The van der Waals surface area contributed by atoms with Crippen molar-refractivity contribution in [3.05, 3.63) is 23.0 Å². The maximum Gasteiger partial charge on any atom is 0.141 e. The Kier molecular flexibility index (Phi) is 3.38. The van der Waals surface area contributed by atoms with Crippen LogP contribution < -0.4 is 10.6 Å². The van der Waals surface area contributed by atoms with Gasteiger partial charge in [-0.3, -0.25) is 4.98 Å². The molecule has 88 valence electrons. The van der Waals surface area contributed by atoms with Crippen molar-refractivity contribution < 1.29 is 10.2 Å². The number of piperazine rings is 1. The van der Waals surface area contributed by atoms with Gasteiger partial charge in [0.15, 0.2) is 0 Å². The summed E-state index contributed by atoms with van der Waals surface area (Å²) in [5.41, 5.74) is 2.05. The molecule has 0 unspecified atom stereocenters. The number of rotatable bonds is 2. The zero-order chi connectivity index (χ0) is 11.5. The molecule has 0 spiro atoms. The maximum atomic E-state index is 10.0. The minimum Gasteiger partial charge on any atom is -0.506 e. The molecule has 0 aromatic carbocycles. The molecule has 2 rings (SSSR count). The Morgan fingerprint density at radius 2 is 2.31 bits per heavy atom. The van der Waals surface area contributed by atoms with E-state index in [1.54, 1.807) is 13.1 Å². The molecule has 16 heavy (non-hydrogen) atoms. The van der Waals surface area contributed by atoms with E-state index in [1.165, 1.54) is 0 Å². The Hall–Kier alpha value is -1.17. The molecule has 5 heteroatoms. The fourth-order valence-electron chi connectivity index (χ4n) is 2.02. The van der Waals surface area contributed by atoms with Crippen LogP contribution in [0.25, 0.3) is 0 Å². The first-order valence-electron chi connectivity index (χ1n) is 5.46. The molecule has 0 aliphatic carbocycles. The van der Waals surface area contributed by atoms with E-state index in [9.17, 15) is 10.2 Å². The number of nitrogens with zero attached hydrogens (tertiary/aromatic N) is 1. The predicted octanol–water partition coefficient (Wildman–Crippen LogP) is -0.178. The van der Waals surface area contributed by atoms with Crippen LogP contribution in [0.5, 0.6) is 5.75 Å². The minimum absolute atomic E-state index is 0.0394. The number of pyridine rings is 1. The molecule has 2 heterocycles. The highest BCUT2D eigenvalue weighted by atomic mass is 16.3. The van der Waals surface area contributed by atoms with Crippen molar-refractivity contribution in [2.45, 2.75) is 19.6 Å². The Labute approximate surface area is 94.5 Å². The van der Waals surface area contributed by atoms with Gasteiger partial charge in [0, 0.05) is 43.0 Å². The van der Waals surface area contributed by atoms with Crippen molar-refractivity contribution in [1.82, 2.24) is 15.6 Å². The van der Waals surface area contributed by atoms with E-state index >= 15 is 0 Å². The lowest BCUT2D eigenvalue weighted by molar-refractivity contribution is 0.276. The zero-order valence-corrected chi connectivity index (χ0v) is 9.32. The summed E-state index contributed by atoms with van der Waals surface area (Å²) in [5.74, 6) is 0.188. The summed E-state index contributed by atoms with van der Waals surface area (Å²) in [4.78, 5) is 4.05. The van der Waals surface area contributed by atoms with Crippen LogP contribution in [-0.4, -0.2) is 34.8 Å². The number of aryl methyl sites for hydroxylation is 1. The van der Waals surface area contributed by atoms with Gasteiger partial charge in [-0.1, -0.05) is 0 Å². The predicted molar refractivity (Wildman–Crippen MR) is 60.2 cm³/mol. The van der Waals surface area contributed by atoms with Crippen LogP contribution in [0.2, 0.25) is 0 Å². The highest BCUT2D eigenvalue weighted by Gasteiger charge is 2.22. The van der Waals surface area contributed by atoms with E-state index < -0.39 is 0 Å².